The zero-order valence-electron chi connectivity index (χ0n) is 13.5. The van der Waals surface area contributed by atoms with Crippen LogP contribution in [-0.2, 0) is 16.0 Å². The zero-order chi connectivity index (χ0) is 15.1. The van der Waals surface area contributed by atoms with Gasteiger partial charge in [0.2, 0.25) is 0 Å². The van der Waals surface area contributed by atoms with Gasteiger partial charge in [-0.05, 0) is 37.5 Å². The summed E-state index contributed by atoms with van der Waals surface area (Å²) in [5.41, 5.74) is 2.58. The molecule has 1 unspecified atom stereocenters. The molecule has 1 fully saturated rings. The largest absolute Gasteiger partial charge is 0.383 e. The standard InChI is InChI=1S/C17H28N2O2/c1-17(21-3)9-4-11-19(14-17)16-7-5-15(6-8-16)13-18-10-12-20-2/h5-8,18H,4,9-14H2,1-3H3. The Balaban J connectivity index is 1.89. The Morgan fingerprint density at radius 3 is 2.67 bits per heavy atom. The highest BCUT2D eigenvalue weighted by atomic mass is 16.5. The second-order valence-electron chi connectivity index (χ2n) is 6.02. The summed E-state index contributed by atoms with van der Waals surface area (Å²) in [6, 6.07) is 8.84. The molecule has 0 amide bonds. The molecule has 21 heavy (non-hydrogen) atoms. The Bertz CT molecular complexity index is 421. The summed E-state index contributed by atoms with van der Waals surface area (Å²) < 4.78 is 10.7. The predicted molar refractivity (Wildman–Crippen MR) is 86.9 cm³/mol. The van der Waals surface area contributed by atoms with Crippen LogP contribution in [0.3, 0.4) is 0 Å². The molecule has 1 aromatic carbocycles. The van der Waals surface area contributed by atoms with Crippen molar-refractivity contribution in [2.45, 2.75) is 31.9 Å². The second-order valence-corrected chi connectivity index (χ2v) is 6.02. The minimum Gasteiger partial charge on any atom is -0.383 e. The third-order valence-electron chi connectivity index (χ3n) is 4.27. The zero-order valence-corrected chi connectivity index (χ0v) is 13.5. The average molecular weight is 292 g/mol. The fraction of sp³-hybridized carbons (Fsp3) is 0.647. The van der Waals surface area contributed by atoms with Crippen LogP contribution in [-0.4, -0.2) is 46.1 Å². The van der Waals surface area contributed by atoms with Gasteiger partial charge in [-0.25, -0.2) is 0 Å². The van der Waals surface area contributed by atoms with Crippen LogP contribution in [0.25, 0.3) is 0 Å². The highest BCUT2D eigenvalue weighted by molar-refractivity contribution is 5.48. The van der Waals surface area contributed by atoms with Crippen molar-refractivity contribution in [3.8, 4) is 0 Å². The lowest BCUT2D eigenvalue weighted by Gasteiger charge is -2.40. The van der Waals surface area contributed by atoms with Crippen LogP contribution < -0.4 is 10.2 Å². The van der Waals surface area contributed by atoms with Gasteiger partial charge >= 0.3 is 0 Å². The van der Waals surface area contributed by atoms with Crippen molar-refractivity contribution >= 4 is 5.69 Å². The Labute approximate surface area is 128 Å². The number of methoxy groups -OCH3 is 2. The van der Waals surface area contributed by atoms with Gasteiger partial charge in [-0.3, -0.25) is 0 Å². The Morgan fingerprint density at radius 2 is 2.00 bits per heavy atom. The van der Waals surface area contributed by atoms with Crippen molar-refractivity contribution in [1.29, 1.82) is 0 Å². The van der Waals surface area contributed by atoms with E-state index in [0.29, 0.717) is 0 Å². The molecule has 0 aliphatic carbocycles. The number of rotatable bonds is 7. The quantitative estimate of drug-likeness (QED) is 0.783. The van der Waals surface area contributed by atoms with E-state index in [-0.39, 0.29) is 5.60 Å². The predicted octanol–water partition coefficient (Wildman–Crippen LogP) is 2.43. The maximum atomic E-state index is 5.67. The fourth-order valence-corrected chi connectivity index (χ4v) is 2.82. The third kappa shape index (κ3) is 4.70. The maximum absolute atomic E-state index is 5.67. The number of anilines is 1. The van der Waals surface area contributed by atoms with Crippen molar-refractivity contribution in [3.63, 3.8) is 0 Å². The van der Waals surface area contributed by atoms with Crippen molar-refractivity contribution < 1.29 is 9.47 Å². The SMILES string of the molecule is COCCNCc1ccc(N2CCCC(C)(OC)C2)cc1. The fourth-order valence-electron chi connectivity index (χ4n) is 2.82. The topological polar surface area (TPSA) is 33.7 Å². The summed E-state index contributed by atoms with van der Waals surface area (Å²) in [7, 11) is 3.54. The van der Waals surface area contributed by atoms with Crippen molar-refractivity contribution in [2.24, 2.45) is 0 Å². The van der Waals surface area contributed by atoms with Crippen LogP contribution in [0.1, 0.15) is 25.3 Å². The molecule has 0 radical (unpaired) electrons. The molecule has 1 aliphatic rings. The van der Waals surface area contributed by atoms with Gasteiger partial charge in [-0.1, -0.05) is 12.1 Å². The number of benzene rings is 1. The molecule has 1 aromatic rings. The van der Waals surface area contributed by atoms with Gasteiger partial charge in [0.1, 0.15) is 0 Å². The van der Waals surface area contributed by atoms with E-state index in [0.717, 1.165) is 39.2 Å². The maximum Gasteiger partial charge on any atom is 0.0825 e. The van der Waals surface area contributed by atoms with Crippen LogP contribution in [0, 0.1) is 0 Å². The van der Waals surface area contributed by atoms with E-state index in [4.69, 9.17) is 9.47 Å². The van der Waals surface area contributed by atoms with Gasteiger partial charge in [-0.2, -0.15) is 0 Å². The average Bonchev–Trinajstić information content (AvgIpc) is 2.52. The van der Waals surface area contributed by atoms with Crippen molar-refractivity contribution in [1.82, 2.24) is 5.32 Å². The Kier molecular flexibility index (Phi) is 6.03. The molecule has 1 N–H and O–H groups in total. The molecule has 4 nitrogen and oxygen atoms in total. The summed E-state index contributed by atoms with van der Waals surface area (Å²) in [6.07, 6.45) is 2.33. The van der Waals surface area contributed by atoms with Crippen molar-refractivity contribution in [2.75, 3.05) is 45.4 Å². The van der Waals surface area contributed by atoms with Gasteiger partial charge in [0.25, 0.3) is 0 Å². The van der Waals surface area contributed by atoms with E-state index in [2.05, 4.69) is 41.4 Å². The number of piperidine rings is 1. The Hall–Kier alpha value is -1.10. The highest BCUT2D eigenvalue weighted by Gasteiger charge is 2.30. The first-order valence-electron chi connectivity index (χ1n) is 7.75. The number of ether oxygens (including phenoxy) is 2. The third-order valence-corrected chi connectivity index (χ3v) is 4.27. The van der Waals surface area contributed by atoms with E-state index in [1.807, 2.05) is 7.11 Å². The van der Waals surface area contributed by atoms with E-state index in [9.17, 15) is 0 Å². The van der Waals surface area contributed by atoms with Crippen LogP contribution in [0.5, 0.6) is 0 Å². The number of nitrogens with one attached hydrogen (secondary N) is 1. The molecular formula is C17H28N2O2. The summed E-state index contributed by atoms with van der Waals surface area (Å²) in [4.78, 5) is 2.43. The molecule has 2 rings (SSSR count). The monoisotopic (exact) mass is 292 g/mol. The summed E-state index contributed by atoms with van der Waals surface area (Å²) in [6.45, 7) is 6.81. The van der Waals surface area contributed by atoms with Crippen LogP contribution in [0.2, 0.25) is 0 Å². The molecule has 4 heteroatoms. The van der Waals surface area contributed by atoms with Crippen LogP contribution in [0.15, 0.2) is 24.3 Å². The summed E-state index contributed by atoms with van der Waals surface area (Å²) in [5, 5.41) is 3.37. The van der Waals surface area contributed by atoms with Gasteiger partial charge in [0.15, 0.2) is 0 Å². The first kappa shape index (κ1) is 16.3. The van der Waals surface area contributed by atoms with Crippen LogP contribution in [0.4, 0.5) is 5.69 Å². The van der Waals surface area contributed by atoms with Gasteiger partial charge < -0.3 is 19.7 Å². The molecular weight excluding hydrogens is 264 g/mol. The number of hydrogen-bond acceptors (Lipinski definition) is 4. The van der Waals surface area contributed by atoms with Crippen molar-refractivity contribution in [3.05, 3.63) is 29.8 Å². The molecule has 0 saturated carbocycles. The molecule has 118 valence electrons. The van der Waals surface area contributed by atoms with E-state index < -0.39 is 0 Å². The lowest BCUT2D eigenvalue weighted by atomic mass is 9.94. The Morgan fingerprint density at radius 1 is 1.24 bits per heavy atom. The van der Waals surface area contributed by atoms with Gasteiger partial charge in [0.05, 0.1) is 12.2 Å². The van der Waals surface area contributed by atoms with E-state index >= 15 is 0 Å². The minimum absolute atomic E-state index is 0.0152. The first-order valence-corrected chi connectivity index (χ1v) is 7.75. The summed E-state index contributed by atoms with van der Waals surface area (Å²) in [5.74, 6) is 0. The first-order chi connectivity index (χ1) is 10.2. The highest BCUT2D eigenvalue weighted by Crippen LogP contribution is 2.28. The molecule has 1 atom stereocenters. The normalized spacial score (nSPS) is 22.5. The lowest BCUT2D eigenvalue weighted by molar-refractivity contribution is -0.00465. The molecule has 1 saturated heterocycles. The van der Waals surface area contributed by atoms with E-state index in [1.54, 1.807) is 7.11 Å². The lowest BCUT2D eigenvalue weighted by Crippen LogP contribution is -2.47. The molecule has 0 aromatic heterocycles. The smallest absolute Gasteiger partial charge is 0.0825 e. The number of nitrogens with zero attached hydrogens (tertiary/aromatic N) is 1. The molecule has 0 bridgehead atoms. The molecule has 1 heterocycles. The minimum atomic E-state index is -0.0152. The molecule has 1 aliphatic heterocycles. The van der Waals surface area contributed by atoms with Gasteiger partial charge in [0, 0.05) is 46.1 Å². The number of hydrogen-bond donors (Lipinski definition) is 1. The van der Waals surface area contributed by atoms with Gasteiger partial charge in [-0.15, -0.1) is 0 Å². The van der Waals surface area contributed by atoms with Crippen LogP contribution >= 0.6 is 0 Å². The second kappa shape index (κ2) is 7.78. The summed E-state index contributed by atoms with van der Waals surface area (Å²) >= 11 is 0. The molecule has 0 spiro atoms. The van der Waals surface area contributed by atoms with E-state index in [1.165, 1.54) is 17.7 Å².